The molecule has 1 atom stereocenters. The molecule has 33 heavy (non-hydrogen) atoms. The van der Waals surface area contributed by atoms with Gasteiger partial charge in [0.15, 0.2) is 11.5 Å². The molecule has 0 aromatic heterocycles. The number of aliphatic imine (C=N–C) groups is 1. The van der Waals surface area contributed by atoms with E-state index < -0.39 is 6.35 Å². The molecule has 0 spiro atoms. The summed E-state index contributed by atoms with van der Waals surface area (Å²) in [5.41, 5.74) is 13.4. The molecule has 2 aliphatic heterocycles. The normalized spacial score (nSPS) is 18.7. The van der Waals surface area contributed by atoms with Gasteiger partial charge in [-0.15, -0.1) is 0 Å². The van der Waals surface area contributed by atoms with Crippen LogP contribution in [0.25, 0.3) is 5.70 Å². The number of fused-ring (bicyclic) bond motifs is 3. The first-order valence-electron chi connectivity index (χ1n) is 11.5. The smallest absolute Gasteiger partial charge is 0.209 e. The molecule has 0 amide bonds. The number of benzene rings is 2. The lowest BCUT2D eigenvalue weighted by atomic mass is 9.94. The highest BCUT2D eigenvalue weighted by Gasteiger charge is 2.36. The van der Waals surface area contributed by atoms with Crippen LogP contribution in [0.1, 0.15) is 34.7 Å². The lowest BCUT2D eigenvalue weighted by Crippen LogP contribution is -2.55. The van der Waals surface area contributed by atoms with E-state index in [-0.39, 0.29) is 0 Å². The molecule has 0 aliphatic carbocycles. The Morgan fingerprint density at radius 3 is 2.48 bits per heavy atom. The first-order chi connectivity index (χ1) is 15.9. The zero-order valence-electron chi connectivity index (χ0n) is 20.2. The number of nitrogens with two attached hydrogens (primary N) is 1. The molecule has 0 radical (unpaired) electrons. The number of methoxy groups -OCH3 is 1. The maximum absolute atomic E-state index is 11.3. The predicted molar refractivity (Wildman–Crippen MR) is 132 cm³/mol. The summed E-state index contributed by atoms with van der Waals surface area (Å²) < 4.78 is 11.4. The molecular weight excluding hydrogens is 416 g/mol. The molecule has 7 nitrogen and oxygen atoms in total. The quantitative estimate of drug-likeness (QED) is 0.701. The van der Waals surface area contributed by atoms with Crippen LogP contribution in [0, 0.1) is 20.8 Å². The zero-order valence-corrected chi connectivity index (χ0v) is 20.2. The molecule has 2 heterocycles. The molecule has 0 bridgehead atoms. The monoisotopic (exact) mass is 450 g/mol. The average molecular weight is 451 g/mol. The molecule has 2 aromatic rings. The molecular formula is C26H34N4O3. The van der Waals surface area contributed by atoms with Gasteiger partial charge in [0, 0.05) is 31.3 Å². The minimum absolute atomic E-state index is 0.418. The Balaban J connectivity index is 1.88. The number of hydrogen-bond donors (Lipinski definition) is 2. The third-order valence-electron chi connectivity index (χ3n) is 6.25. The van der Waals surface area contributed by atoms with Crippen molar-refractivity contribution in [2.24, 2.45) is 10.7 Å². The van der Waals surface area contributed by atoms with Crippen molar-refractivity contribution in [1.29, 1.82) is 0 Å². The summed E-state index contributed by atoms with van der Waals surface area (Å²) in [5, 5.41) is 11.3. The van der Waals surface area contributed by atoms with Crippen molar-refractivity contribution in [3.05, 3.63) is 58.2 Å². The summed E-state index contributed by atoms with van der Waals surface area (Å²) in [6.07, 6.45) is 2.01. The van der Waals surface area contributed by atoms with E-state index >= 15 is 0 Å². The van der Waals surface area contributed by atoms with Gasteiger partial charge in [0.1, 0.15) is 5.84 Å². The third kappa shape index (κ3) is 4.30. The van der Waals surface area contributed by atoms with E-state index in [9.17, 15) is 5.11 Å². The largest absolute Gasteiger partial charge is 0.493 e. The number of nitrogens with zero attached hydrogens (tertiary/aromatic N) is 3. The molecule has 1 unspecified atom stereocenters. The summed E-state index contributed by atoms with van der Waals surface area (Å²) in [6.45, 7) is 10.4. The number of aryl methyl sites for hydroxylation is 3. The van der Waals surface area contributed by atoms with Crippen LogP contribution < -0.4 is 15.2 Å². The zero-order chi connectivity index (χ0) is 23.7. The van der Waals surface area contributed by atoms with E-state index in [2.05, 4.69) is 45.0 Å². The summed E-state index contributed by atoms with van der Waals surface area (Å²) in [5.74, 6) is 2.13. The lowest BCUT2D eigenvalue weighted by molar-refractivity contribution is -0.0522. The minimum Gasteiger partial charge on any atom is -0.493 e. The van der Waals surface area contributed by atoms with Crippen LogP contribution >= 0.6 is 0 Å². The number of amidine groups is 1. The van der Waals surface area contributed by atoms with Gasteiger partial charge in [0.25, 0.3) is 0 Å². The van der Waals surface area contributed by atoms with Crippen LogP contribution in [0.4, 0.5) is 5.69 Å². The van der Waals surface area contributed by atoms with Crippen LogP contribution in [0.15, 0.2) is 35.3 Å². The fourth-order valence-electron chi connectivity index (χ4n) is 4.81. The van der Waals surface area contributed by atoms with Crippen LogP contribution in [0.3, 0.4) is 0 Å². The van der Waals surface area contributed by atoms with Gasteiger partial charge in [0.05, 0.1) is 25.1 Å². The highest BCUT2D eigenvalue weighted by Crippen LogP contribution is 2.40. The van der Waals surface area contributed by atoms with Gasteiger partial charge in [-0.2, -0.15) is 0 Å². The second kappa shape index (κ2) is 9.45. The first kappa shape index (κ1) is 23.1. The summed E-state index contributed by atoms with van der Waals surface area (Å²) in [6, 6.07) is 8.33. The van der Waals surface area contributed by atoms with Gasteiger partial charge >= 0.3 is 0 Å². The molecule has 176 valence electrons. The molecule has 3 N–H and O–H groups in total. The molecule has 0 saturated carbocycles. The Labute approximate surface area is 196 Å². The second-order valence-electron chi connectivity index (χ2n) is 8.61. The van der Waals surface area contributed by atoms with Crippen molar-refractivity contribution in [2.45, 2.75) is 40.5 Å². The number of aliphatic hydroxyl groups excluding tert-OH is 1. The fourth-order valence-corrected chi connectivity index (χ4v) is 4.81. The highest BCUT2D eigenvalue weighted by molar-refractivity contribution is 6.02. The highest BCUT2D eigenvalue weighted by atomic mass is 16.5. The maximum Gasteiger partial charge on any atom is 0.209 e. The molecule has 0 saturated heterocycles. The number of ether oxygens (including phenoxy) is 2. The van der Waals surface area contributed by atoms with Crippen LogP contribution in [0.2, 0.25) is 0 Å². The van der Waals surface area contributed by atoms with E-state index in [0.717, 1.165) is 40.2 Å². The summed E-state index contributed by atoms with van der Waals surface area (Å²) in [7, 11) is 1.65. The Hall–Kier alpha value is -3.03. The van der Waals surface area contributed by atoms with E-state index in [1.807, 2.05) is 22.8 Å². The van der Waals surface area contributed by atoms with Crippen molar-refractivity contribution >= 4 is 17.2 Å². The Morgan fingerprint density at radius 1 is 1.12 bits per heavy atom. The SMILES string of the molecule is CCOc1cc2c(cc1OC)C1=CC(=Nc3c(C)cc(C)cc3C)N(CCN)C(O)N1CC2. The third-order valence-corrected chi connectivity index (χ3v) is 6.25. The summed E-state index contributed by atoms with van der Waals surface area (Å²) in [4.78, 5) is 8.91. The van der Waals surface area contributed by atoms with E-state index in [4.69, 9.17) is 20.2 Å². The fraction of sp³-hybridized carbons (Fsp3) is 0.423. The lowest BCUT2D eigenvalue weighted by Gasteiger charge is -2.45. The topological polar surface area (TPSA) is 83.5 Å². The van der Waals surface area contributed by atoms with Gasteiger partial charge in [-0.1, -0.05) is 17.7 Å². The standard InChI is InChI=1S/C26H34N4O3/c1-6-33-23-13-19-7-9-29-21(20(19)14-22(23)32-5)15-24(30(10-8-27)26(29)31)28-25-17(3)11-16(2)12-18(25)4/h11-15,26,31H,6-10,27H2,1-5H3. The molecule has 0 fully saturated rings. The van der Waals surface area contributed by atoms with Crippen LogP contribution in [-0.4, -0.2) is 60.4 Å². The number of hydrogen-bond acceptors (Lipinski definition) is 6. The van der Waals surface area contributed by atoms with Crippen molar-refractivity contribution < 1.29 is 14.6 Å². The molecule has 2 aromatic carbocycles. The number of rotatable bonds is 6. The van der Waals surface area contributed by atoms with Gasteiger partial charge in [-0.05, 0) is 62.9 Å². The first-order valence-corrected chi connectivity index (χ1v) is 11.5. The van der Waals surface area contributed by atoms with Crippen molar-refractivity contribution in [3.63, 3.8) is 0 Å². The molecule has 2 aliphatic rings. The van der Waals surface area contributed by atoms with Crippen molar-refractivity contribution in [1.82, 2.24) is 9.80 Å². The Bertz CT molecular complexity index is 1090. The van der Waals surface area contributed by atoms with E-state index in [1.165, 1.54) is 11.1 Å². The molecule has 4 rings (SSSR count). The van der Waals surface area contributed by atoms with Crippen molar-refractivity contribution in [3.8, 4) is 11.5 Å². The summed E-state index contributed by atoms with van der Waals surface area (Å²) >= 11 is 0. The van der Waals surface area contributed by atoms with Crippen molar-refractivity contribution in [2.75, 3.05) is 33.4 Å². The Kier molecular flexibility index (Phi) is 6.63. The predicted octanol–water partition coefficient (Wildman–Crippen LogP) is 3.50. The number of aliphatic hydroxyl groups is 1. The van der Waals surface area contributed by atoms with Gasteiger partial charge in [0.2, 0.25) is 6.35 Å². The van der Waals surface area contributed by atoms with Gasteiger partial charge in [-0.25, -0.2) is 4.99 Å². The average Bonchev–Trinajstić information content (AvgIpc) is 2.78. The van der Waals surface area contributed by atoms with Crippen LogP contribution in [-0.2, 0) is 6.42 Å². The van der Waals surface area contributed by atoms with E-state index in [1.54, 1.807) is 7.11 Å². The van der Waals surface area contributed by atoms with Crippen LogP contribution in [0.5, 0.6) is 11.5 Å². The van der Waals surface area contributed by atoms with Gasteiger partial charge < -0.3 is 30.1 Å². The van der Waals surface area contributed by atoms with Gasteiger partial charge in [-0.3, -0.25) is 0 Å². The minimum atomic E-state index is -0.843. The maximum atomic E-state index is 11.3. The molecule has 7 heteroatoms. The van der Waals surface area contributed by atoms with E-state index in [0.29, 0.717) is 37.8 Å². The second-order valence-corrected chi connectivity index (χ2v) is 8.61. The Morgan fingerprint density at radius 2 is 1.85 bits per heavy atom.